The van der Waals surface area contributed by atoms with E-state index >= 15 is 0 Å². The number of ether oxygens (including phenoxy) is 2. The zero-order valence-electron chi connectivity index (χ0n) is 14.4. The molecule has 0 saturated carbocycles. The van der Waals surface area contributed by atoms with Gasteiger partial charge in [0.25, 0.3) is 11.8 Å². The van der Waals surface area contributed by atoms with E-state index in [9.17, 15) is 9.59 Å². The number of rotatable bonds is 8. The number of benzene rings is 2. The van der Waals surface area contributed by atoms with Crippen LogP contribution in [-0.4, -0.2) is 38.6 Å². The number of carbonyl (C=O) groups excluding carboxylic acids is 2. The molecule has 0 aliphatic carbocycles. The van der Waals surface area contributed by atoms with E-state index in [2.05, 4.69) is 10.6 Å². The van der Waals surface area contributed by atoms with Crippen molar-refractivity contribution in [3.8, 4) is 11.5 Å². The summed E-state index contributed by atoms with van der Waals surface area (Å²) in [7, 11) is 1.53. The van der Waals surface area contributed by atoms with Crippen molar-refractivity contribution in [2.75, 3.05) is 26.8 Å². The first-order chi connectivity index (χ1) is 12.2. The van der Waals surface area contributed by atoms with E-state index in [4.69, 9.17) is 9.47 Å². The van der Waals surface area contributed by atoms with Crippen LogP contribution >= 0.6 is 0 Å². The van der Waals surface area contributed by atoms with Crippen LogP contribution in [0, 0.1) is 0 Å². The number of amides is 2. The van der Waals surface area contributed by atoms with E-state index in [1.807, 2.05) is 13.0 Å². The Morgan fingerprint density at radius 2 is 1.52 bits per heavy atom. The minimum absolute atomic E-state index is 0.169. The van der Waals surface area contributed by atoms with E-state index in [1.165, 1.54) is 7.11 Å². The second-order valence-electron chi connectivity index (χ2n) is 5.18. The normalized spacial score (nSPS) is 10.0. The summed E-state index contributed by atoms with van der Waals surface area (Å²) >= 11 is 0. The van der Waals surface area contributed by atoms with E-state index < -0.39 is 0 Å². The monoisotopic (exact) mass is 342 g/mol. The van der Waals surface area contributed by atoms with Crippen LogP contribution < -0.4 is 20.1 Å². The Morgan fingerprint density at radius 3 is 2.12 bits per heavy atom. The standard InChI is InChI=1S/C19H22N2O4/c1-3-25-16-10-9-15(13-17(16)24-2)19(23)21-12-11-20-18(22)14-7-5-4-6-8-14/h4-10,13H,3,11-12H2,1-2H3,(H,20,22)(H,21,23). The molecule has 0 spiro atoms. The molecule has 2 rings (SSSR count). The SMILES string of the molecule is CCOc1ccc(C(=O)NCCNC(=O)c2ccccc2)cc1OC. The van der Waals surface area contributed by atoms with E-state index in [-0.39, 0.29) is 11.8 Å². The molecule has 0 bridgehead atoms. The lowest BCUT2D eigenvalue weighted by Crippen LogP contribution is -2.34. The third-order valence-corrected chi connectivity index (χ3v) is 3.46. The molecular formula is C19H22N2O4. The molecule has 0 radical (unpaired) electrons. The Hall–Kier alpha value is -3.02. The predicted octanol–water partition coefficient (Wildman–Crippen LogP) is 2.25. The number of methoxy groups -OCH3 is 1. The number of carbonyl (C=O) groups is 2. The number of hydrogen-bond donors (Lipinski definition) is 2. The van der Waals surface area contributed by atoms with Gasteiger partial charge in [0.2, 0.25) is 0 Å². The smallest absolute Gasteiger partial charge is 0.251 e. The van der Waals surface area contributed by atoms with Gasteiger partial charge in [-0.15, -0.1) is 0 Å². The van der Waals surface area contributed by atoms with E-state index in [0.717, 1.165) is 0 Å². The summed E-state index contributed by atoms with van der Waals surface area (Å²) in [6.45, 7) is 3.06. The Balaban J connectivity index is 1.83. The van der Waals surface area contributed by atoms with Crippen LogP contribution in [0.5, 0.6) is 11.5 Å². The maximum absolute atomic E-state index is 12.2. The molecule has 2 amide bonds. The lowest BCUT2D eigenvalue weighted by molar-refractivity contribution is 0.0927. The van der Waals surface area contributed by atoms with Gasteiger partial charge in [0.15, 0.2) is 11.5 Å². The minimum atomic E-state index is -0.240. The molecule has 2 N–H and O–H groups in total. The van der Waals surface area contributed by atoms with Gasteiger partial charge in [-0.2, -0.15) is 0 Å². The molecule has 2 aromatic rings. The van der Waals surface area contributed by atoms with Gasteiger partial charge < -0.3 is 20.1 Å². The van der Waals surface area contributed by atoms with Crippen molar-refractivity contribution in [1.29, 1.82) is 0 Å². The summed E-state index contributed by atoms with van der Waals surface area (Å²) in [4.78, 5) is 24.1. The molecule has 0 aliphatic heterocycles. The molecule has 132 valence electrons. The van der Waals surface area contributed by atoms with Crippen molar-refractivity contribution in [2.24, 2.45) is 0 Å². The van der Waals surface area contributed by atoms with Crippen LogP contribution in [0.3, 0.4) is 0 Å². The summed E-state index contributed by atoms with van der Waals surface area (Å²) in [5.41, 5.74) is 1.06. The molecule has 0 fully saturated rings. The van der Waals surface area contributed by atoms with Gasteiger partial charge in [-0.05, 0) is 37.3 Å². The van der Waals surface area contributed by atoms with Gasteiger partial charge >= 0.3 is 0 Å². The third-order valence-electron chi connectivity index (χ3n) is 3.46. The fraction of sp³-hybridized carbons (Fsp3) is 0.263. The molecular weight excluding hydrogens is 320 g/mol. The van der Waals surface area contributed by atoms with Crippen molar-refractivity contribution in [3.63, 3.8) is 0 Å². The first-order valence-corrected chi connectivity index (χ1v) is 8.08. The van der Waals surface area contributed by atoms with Gasteiger partial charge in [-0.25, -0.2) is 0 Å². The highest BCUT2D eigenvalue weighted by molar-refractivity contribution is 5.95. The topological polar surface area (TPSA) is 76.7 Å². The largest absolute Gasteiger partial charge is 0.493 e. The van der Waals surface area contributed by atoms with Crippen LogP contribution in [0.4, 0.5) is 0 Å². The molecule has 0 aromatic heterocycles. The van der Waals surface area contributed by atoms with Gasteiger partial charge in [0, 0.05) is 24.2 Å². The fourth-order valence-electron chi connectivity index (χ4n) is 2.23. The van der Waals surface area contributed by atoms with Gasteiger partial charge in [0.1, 0.15) is 0 Å². The molecule has 2 aromatic carbocycles. The summed E-state index contributed by atoms with van der Waals surface area (Å²) < 4.78 is 10.7. The van der Waals surface area contributed by atoms with Crippen molar-refractivity contribution in [3.05, 3.63) is 59.7 Å². The lowest BCUT2D eigenvalue weighted by atomic mass is 10.2. The first kappa shape index (κ1) is 18.3. The van der Waals surface area contributed by atoms with Crippen molar-refractivity contribution >= 4 is 11.8 Å². The third kappa shape index (κ3) is 5.24. The van der Waals surface area contributed by atoms with Crippen molar-refractivity contribution in [1.82, 2.24) is 10.6 Å². The summed E-state index contributed by atoms with van der Waals surface area (Å²) in [5.74, 6) is 0.691. The fourth-order valence-corrected chi connectivity index (χ4v) is 2.23. The molecule has 6 heteroatoms. The molecule has 0 atom stereocenters. The molecule has 0 unspecified atom stereocenters. The van der Waals surface area contributed by atoms with Crippen LogP contribution in [0.25, 0.3) is 0 Å². The van der Waals surface area contributed by atoms with Crippen LogP contribution in [-0.2, 0) is 0 Å². The molecule has 25 heavy (non-hydrogen) atoms. The van der Waals surface area contributed by atoms with Crippen LogP contribution in [0.1, 0.15) is 27.6 Å². The Labute approximate surface area is 147 Å². The zero-order valence-corrected chi connectivity index (χ0v) is 14.4. The summed E-state index contributed by atoms with van der Waals surface area (Å²) in [6, 6.07) is 13.9. The average Bonchev–Trinajstić information content (AvgIpc) is 2.66. The summed E-state index contributed by atoms with van der Waals surface area (Å²) in [6.07, 6.45) is 0. The Morgan fingerprint density at radius 1 is 0.880 bits per heavy atom. The van der Waals surface area contributed by atoms with Crippen LogP contribution in [0.2, 0.25) is 0 Å². The predicted molar refractivity (Wildman–Crippen MR) is 95.3 cm³/mol. The Kier molecular flexibility index (Phi) is 6.83. The maximum Gasteiger partial charge on any atom is 0.251 e. The number of nitrogens with one attached hydrogen (secondary N) is 2. The molecule has 0 saturated heterocycles. The molecule has 6 nitrogen and oxygen atoms in total. The van der Waals surface area contributed by atoms with E-state index in [1.54, 1.807) is 42.5 Å². The quantitative estimate of drug-likeness (QED) is 0.722. The van der Waals surface area contributed by atoms with E-state index in [0.29, 0.717) is 42.3 Å². The van der Waals surface area contributed by atoms with Gasteiger partial charge in [0.05, 0.1) is 13.7 Å². The highest BCUT2D eigenvalue weighted by Crippen LogP contribution is 2.27. The van der Waals surface area contributed by atoms with Gasteiger partial charge in [-0.1, -0.05) is 18.2 Å². The average molecular weight is 342 g/mol. The highest BCUT2D eigenvalue weighted by Gasteiger charge is 2.11. The minimum Gasteiger partial charge on any atom is -0.493 e. The second-order valence-corrected chi connectivity index (χ2v) is 5.18. The lowest BCUT2D eigenvalue weighted by Gasteiger charge is -2.11. The van der Waals surface area contributed by atoms with Gasteiger partial charge in [-0.3, -0.25) is 9.59 Å². The second kappa shape index (κ2) is 9.32. The highest BCUT2D eigenvalue weighted by atomic mass is 16.5. The Bertz CT molecular complexity index is 717. The number of hydrogen-bond acceptors (Lipinski definition) is 4. The van der Waals surface area contributed by atoms with Crippen molar-refractivity contribution in [2.45, 2.75) is 6.92 Å². The van der Waals surface area contributed by atoms with Crippen LogP contribution in [0.15, 0.2) is 48.5 Å². The molecule has 0 heterocycles. The zero-order chi connectivity index (χ0) is 18.1. The summed E-state index contributed by atoms with van der Waals surface area (Å²) in [5, 5.41) is 5.51. The maximum atomic E-state index is 12.2. The first-order valence-electron chi connectivity index (χ1n) is 8.08. The van der Waals surface area contributed by atoms with Crippen molar-refractivity contribution < 1.29 is 19.1 Å². The molecule has 0 aliphatic rings.